The number of amides is 2. The molecule has 7 nitrogen and oxygen atoms in total. The number of anilines is 1. The SMILES string of the molecule is Cc1ccc(Cl)cc1N(CC(=O)N(Cc1ccc(F)cc1)[C@@H](Cc1ccccc1)C(=O)NC(C)(C)C)S(C)(=O)=O. The van der Waals surface area contributed by atoms with Crippen molar-refractivity contribution in [2.45, 2.75) is 52.2 Å². The Morgan fingerprint density at radius 2 is 1.60 bits per heavy atom. The lowest BCUT2D eigenvalue weighted by Crippen LogP contribution is -2.56. The monoisotopic (exact) mass is 587 g/mol. The summed E-state index contributed by atoms with van der Waals surface area (Å²) < 4.78 is 40.5. The highest BCUT2D eigenvalue weighted by Crippen LogP contribution is 2.27. The lowest BCUT2D eigenvalue weighted by molar-refractivity contribution is -0.140. The van der Waals surface area contributed by atoms with Crippen LogP contribution in [0, 0.1) is 12.7 Å². The van der Waals surface area contributed by atoms with Crippen LogP contribution < -0.4 is 9.62 Å². The number of nitrogens with zero attached hydrogens (tertiary/aromatic N) is 2. The van der Waals surface area contributed by atoms with Crippen LogP contribution in [0.25, 0.3) is 0 Å². The van der Waals surface area contributed by atoms with Crippen LogP contribution in [0.5, 0.6) is 0 Å². The molecule has 3 aromatic carbocycles. The normalized spacial score (nSPS) is 12.5. The fourth-order valence-corrected chi connectivity index (χ4v) is 5.30. The summed E-state index contributed by atoms with van der Waals surface area (Å²) in [6, 6.07) is 18.7. The zero-order valence-electron chi connectivity index (χ0n) is 23.3. The van der Waals surface area contributed by atoms with Gasteiger partial charge in [-0.05, 0) is 68.7 Å². The van der Waals surface area contributed by atoms with Crippen molar-refractivity contribution in [1.29, 1.82) is 0 Å². The molecule has 214 valence electrons. The Bertz CT molecular complexity index is 1440. The second kappa shape index (κ2) is 12.8. The van der Waals surface area contributed by atoms with Crippen molar-refractivity contribution in [3.63, 3.8) is 0 Å². The van der Waals surface area contributed by atoms with E-state index in [1.165, 1.54) is 35.2 Å². The molecule has 1 N–H and O–H groups in total. The van der Waals surface area contributed by atoms with Gasteiger partial charge in [-0.1, -0.05) is 60.1 Å². The molecular weight excluding hydrogens is 553 g/mol. The summed E-state index contributed by atoms with van der Waals surface area (Å²) >= 11 is 6.17. The molecule has 10 heteroatoms. The van der Waals surface area contributed by atoms with Gasteiger partial charge in [0.15, 0.2) is 0 Å². The quantitative estimate of drug-likeness (QED) is 0.357. The van der Waals surface area contributed by atoms with Crippen LogP contribution in [0.3, 0.4) is 0 Å². The summed E-state index contributed by atoms with van der Waals surface area (Å²) in [5.74, 6) is -1.43. The summed E-state index contributed by atoms with van der Waals surface area (Å²) in [6.07, 6.45) is 1.20. The standard InChI is InChI=1S/C30H35ClFN3O4S/c1-21-11-14-24(31)18-26(21)35(40(5,38)39)20-28(36)34(19-23-12-15-25(32)16-13-23)27(29(37)33-30(2,3)4)17-22-9-7-6-8-10-22/h6-16,18,27H,17,19-20H2,1-5H3,(H,33,37)/t27-/m0/s1. The summed E-state index contributed by atoms with van der Waals surface area (Å²) in [6.45, 7) is 6.63. The van der Waals surface area contributed by atoms with Crippen LogP contribution in [-0.2, 0) is 32.6 Å². The average Bonchev–Trinajstić information content (AvgIpc) is 2.86. The fourth-order valence-electron chi connectivity index (χ4n) is 4.24. The molecule has 0 saturated carbocycles. The molecule has 0 saturated heterocycles. The second-order valence-electron chi connectivity index (χ2n) is 10.8. The first-order valence-corrected chi connectivity index (χ1v) is 15.0. The van der Waals surface area contributed by atoms with E-state index in [0.29, 0.717) is 16.1 Å². The molecule has 3 rings (SSSR count). The number of sulfonamides is 1. The molecule has 0 radical (unpaired) electrons. The maximum atomic E-state index is 14.1. The Morgan fingerprint density at radius 1 is 0.975 bits per heavy atom. The zero-order valence-corrected chi connectivity index (χ0v) is 24.9. The zero-order chi connectivity index (χ0) is 29.7. The number of rotatable bonds is 10. The number of nitrogens with one attached hydrogen (secondary N) is 1. The van der Waals surface area contributed by atoms with Gasteiger partial charge in [0.1, 0.15) is 18.4 Å². The van der Waals surface area contributed by atoms with E-state index in [0.717, 1.165) is 16.1 Å². The number of carbonyl (C=O) groups excluding carboxylic acids is 2. The minimum absolute atomic E-state index is 0.0414. The van der Waals surface area contributed by atoms with Gasteiger partial charge in [0.2, 0.25) is 21.8 Å². The van der Waals surface area contributed by atoms with Crippen molar-refractivity contribution >= 4 is 39.1 Å². The third-order valence-corrected chi connectivity index (χ3v) is 7.52. The van der Waals surface area contributed by atoms with Gasteiger partial charge in [-0.3, -0.25) is 13.9 Å². The van der Waals surface area contributed by atoms with Gasteiger partial charge in [0.25, 0.3) is 0 Å². The predicted molar refractivity (Wildman–Crippen MR) is 157 cm³/mol. The largest absolute Gasteiger partial charge is 0.350 e. The highest BCUT2D eigenvalue weighted by Gasteiger charge is 2.34. The molecule has 1 atom stereocenters. The van der Waals surface area contributed by atoms with Crippen molar-refractivity contribution in [1.82, 2.24) is 10.2 Å². The van der Waals surface area contributed by atoms with Crippen molar-refractivity contribution in [3.8, 4) is 0 Å². The number of halogens is 2. The molecule has 3 aromatic rings. The van der Waals surface area contributed by atoms with E-state index in [4.69, 9.17) is 11.6 Å². The molecular formula is C30H35ClFN3O4S. The lowest BCUT2D eigenvalue weighted by Gasteiger charge is -2.35. The Morgan fingerprint density at radius 3 is 2.17 bits per heavy atom. The van der Waals surface area contributed by atoms with E-state index in [2.05, 4.69) is 5.32 Å². The molecule has 0 fully saturated rings. The highest BCUT2D eigenvalue weighted by atomic mass is 35.5. The molecule has 0 heterocycles. The number of hydrogen-bond acceptors (Lipinski definition) is 4. The molecule has 0 aliphatic carbocycles. The van der Waals surface area contributed by atoms with E-state index in [1.54, 1.807) is 19.1 Å². The van der Waals surface area contributed by atoms with Gasteiger partial charge in [-0.15, -0.1) is 0 Å². The van der Waals surface area contributed by atoms with Crippen LogP contribution in [0.15, 0.2) is 72.8 Å². The summed E-state index contributed by atoms with van der Waals surface area (Å²) in [5, 5.41) is 3.28. The Kier molecular flexibility index (Phi) is 9.97. The van der Waals surface area contributed by atoms with Gasteiger partial charge in [0, 0.05) is 23.5 Å². The van der Waals surface area contributed by atoms with E-state index in [1.807, 2.05) is 51.1 Å². The van der Waals surface area contributed by atoms with Crippen LogP contribution >= 0.6 is 11.6 Å². The minimum Gasteiger partial charge on any atom is -0.350 e. The first-order valence-electron chi connectivity index (χ1n) is 12.8. The number of aryl methyl sites for hydroxylation is 1. The summed E-state index contributed by atoms with van der Waals surface area (Å²) in [7, 11) is -3.92. The van der Waals surface area contributed by atoms with Gasteiger partial charge in [0.05, 0.1) is 11.9 Å². The van der Waals surface area contributed by atoms with Crippen LogP contribution in [-0.4, -0.2) is 49.5 Å². The molecule has 0 bridgehead atoms. The molecule has 0 aromatic heterocycles. The van der Waals surface area contributed by atoms with E-state index in [-0.39, 0.29) is 18.7 Å². The smallest absolute Gasteiger partial charge is 0.244 e. The molecule has 0 spiro atoms. The summed E-state index contributed by atoms with van der Waals surface area (Å²) in [4.78, 5) is 29.1. The van der Waals surface area contributed by atoms with Gasteiger partial charge in [-0.2, -0.15) is 0 Å². The third kappa shape index (κ3) is 8.79. The van der Waals surface area contributed by atoms with E-state index >= 15 is 0 Å². The number of carbonyl (C=O) groups is 2. The van der Waals surface area contributed by atoms with Crippen molar-refractivity contribution in [2.75, 3.05) is 17.1 Å². The molecule has 0 unspecified atom stereocenters. The minimum atomic E-state index is -3.92. The van der Waals surface area contributed by atoms with E-state index in [9.17, 15) is 22.4 Å². The maximum Gasteiger partial charge on any atom is 0.244 e. The van der Waals surface area contributed by atoms with E-state index < -0.39 is 45.8 Å². The first-order chi connectivity index (χ1) is 18.6. The average molecular weight is 588 g/mol. The molecule has 0 aliphatic heterocycles. The van der Waals surface area contributed by atoms with Crippen molar-refractivity contribution in [3.05, 3.63) is 100 Å². The molecule has 0 aliphatic rings. The van der Waals surface area contributed by atoms with Crippen molar-refractivity contribution < 1.29 is 22.4 Å². The van der Waals surface area contributed by atoms with Crippen molar-refractivity contribution in [2.24, 2.45) is 0 Å². The molecule has 2 amide bonds. The first kappa shape index (κ1) is 31.1. The number of hydrogen-bond donors (Lipinski definition) is 1. The Balaban J connectivity index is 2.09. The van der Waals surface area contributed by atoms with Gasteiger partial charge < -0.3 is 10.2 Å². The number of benzene rings is 3. The van der Waals surface area contributed by atoms with Gasteiger partial charge in [-0.25, -0.2) is 12.8 Å². The third-order valence-electron chi connectivity index (χ3n) is 6.15. The predicted octanol–water partition coefficient (Wildman–Crippen LogP) is 5.11. The molecule has 40 heavy (non-hydrogen) atoms. The maximum absolute atomic E-state index is 14.1. The van der Waals surface area contributed by atoms with Crippen LogP contribution in [0.4, 0.5) is 10.1 Å². The van der Waals surface area contributed by atoms with Crippen LogP contribution in [0.1, 0.15) is 37.5 Å². The Labute approximate surface area is 241 Å². The highest BCUT2D eigenvalue weighted by molar-refractivity contribution is 7.92. The van der Waals surface area contributed by atoms with Gasteiger partial charge >= 0.3 is 0 Å². The second-order valence-corrected chi connectivity index (χ2v) is 13.1. The lowest BCUT2D eigenvalue weighted by atomic mass is 10.0. The summed E-state index contributed by atoms with van der Waals surface area (Å²) in [5.41, 5.74) is 1.69. The van der Waals surface area contributed by atoms with Crippen LogP contribution in [0.2, 0.25) is 5.02 Å². The topological polar surface area (TPSA) is 86.8 Å². The Hall–Kier alpha value is -3.43. The fraction of sp³-hybridized carbons (Fsp3) is 0.333.